The third kappa shape index (κ3) is 3.55. The number of hydrogen-bond donors (Lipinski definition) is 1. The van der Waals surface area contributed by atoms with Crippen LogP contribution in [-0.4, -0.2) is 19.2 Å². The number of benzene rings is 1. The van der Waals surface area contributed by atoms with Crippen molar-refractivity contribution in [3.8, 4) is 11.5 Å². The van der Waals surface area contributed by atoms with Crippen LogP contribution in [-0.2, 0) is 0 Å². The topological polar surface area (TPSA) is 43.4 Å². The molecule has 1 atom stereocenters. The molecule has 0 spiro atoms. The van der Waals surface area contributed by atoms with E-state index < -0.39 is 0 Å². The van der Waals surface area contributed by atoms with Crippen LogP contribution in [0.15, 0.2) is 30.5 Å². The van der Waals surface area contributed by atoms with Gasteiger partial charge in [-0.1, -0.05) is 11.6 Å². The molecule has 2 aromatic rings. The van der Waals surface area contributed by atoms with Gasteiger partial charge in [0.15, 0.2) is 11.5 Å². The average Bonchev–Trinajstić information content (AvgIpc) is 2.46. The van der Waals surface area contributed by atoms with Gasteiger partial charge in [-0.05, 0) is 25.1 Å². The van der Waals surface area contributed by atoms with Crippen molar-refractivity contribution in [1.82, 2.24) is 4.98 Å². The van der Waals surface area contributed by atoms with Crippen LogP contribution in [0.3, 0.4) is 0 Å². The quantitative estimate of drug-likeness (QED) is 0.846. The Morgan fingerprint density at radius 2 is 1.86 bits per heavy atom. The molecule has 1 aromatic carbocycles. The van der Waals surface area contributed by atoms with Gasteiger partial charge in [-0.2, -0.15) is 0 Å². The van der Waals surface area contributed by atoms with Gasteiger partial charge in [0.1, 0.15) is 11.0 Å². The Morgan fingerprint density at radius 1 is 1.19 bits per heavy atom. The van der Waals surface area contributed by atoms with E-state index in [2.05, 4.69) is 10.3 Å². The number of methoxy groups -OCH3 is 2. The largest absolute Gasteiger partial charge is 0.493 e. The van der Waals surface area contributed by atoms with Gasteiger partial charge in [0.25, 0.3) is 0 Å². The highest BCUT2D eigenvalue weighted by molar-refractivity contribution is 6.29. The van der Waals surface area contributed by atoms with Crippen molar-refractivity contribution in [2.75, 3.05) is 19.5 Å². The van der Waals surface area contributed by atoms with Gasteiger partial charge in [-0.25, -0.2) is 9.37 Å². The van der Waals surface area contributed by atoms with Crippen LogP contribution >= 0.6 is 11.6 Å². The molecule has 6 heteroatoms. The van der Waals surface area contributed by atoms with Crippen molar-refractivity contribution < 1.29 is 13.9 Å². The summed E-state index contributed by atoms with van der Waals surface area (Å²) in [6, 6.07) is 6.10. The summed E-state index contributed by atoms with van der Waals surface area (Å²) in [5, 5.41) is 3.54. The summed E-state index contributed by atoms with van der Waals surface area (Å²) in [7, 11) is 2.98. The number of halogens is 2. The van der Waals surface area contributed by atoms with Crippen LogP contribution in [0, 0.1) is 5.82 Å². The zero-order chi connectivity index (χ0) is 15.4. The summed E-state index contributed by atoms with van der Waals surface area (Å²) in [6.45, 7) is 1.85. The molecule has 0 aliphatic carbocycles. The van der Waals surface area contributed by atoms with Crippen molar-refractivity contribution >= 4 is 17.3 Å². The van der Waals surface area contributed by atoms with E-state index >= 15 is 0 Å². The highest BCUT2D eigenvalue weighted by Crippen LogP contribution is 2.33. The number of rotatable bonds is 5. The number of ether oxygens (including phenoxy) is 2. The molecule has 2 rings (SSSR count). The van der Waals surface area contributed by atoms with E-state index in [1.54, 1.807) is 24.4 Å². The lowest BCUT2D eigenvalue weighted by Crippen LogP contribution is -2.09. The van der Waals surface area contributed by atoms with Gasteiger partial charge >= 0.3 is 0 Å². The summed E-state index contributed by atoms with van der Waals surface area (Å²) in [4.78, 5) is 3.90. The average molecular weight is 311 g/mol. The lowest BCUT2D eigenvalue weighted by atomic mass is 10.1. The second kappa shape index (κ2) is 6.63. The molecule has 0 saturated heterocycles. The predicted molar refractivity (Wildman–Crippen MR) is 80.8 cm³/mol. The summed E-state index contributed by atoms with van der Waals surface area (Å²) in [6.07, 6.45) is 1.59. The lowest BCUT2D eigenvalue weighted by molar-refractivity contribution is 0.351. The lowest BCUT2D eigenvalue weighted by Gasteiger charge is -2.18. The first-order valence-corrected chi connectivity index (χ1v) is 6.72. The molecule has 0 saturated carbocycles. The van der Waals surface area contributed by atoms with Crippen molar-refractivity contribution in [2.24, 2.45) is 0 Å². The van der Waals surface area contributed by atoms with Crippen molar-refractivity contribution in [1.29, 1.82) is 0 Å². The fourth-order valence-electron chi connectivity index (χ4n) is 2.02. The molecule has 1 aromatic heterocycles. The summed E-state index contributed by atoms with van der Waals surface area (Å²) >= 11 is 5.83. The summed E-state index contributed by atoms with van der Waals surface area (Å²) in [5.41, 5.74) is 1.23. The van der Waals surface area contributed by atoms with Gasteiger partial charge in [0.05, 0.1) is 20.3 Å². The maximum Gasteiger partial charge on any atom is 0.163 e. The molecule has 0 aliphatic rings. The van der Waals surface area contributed by atoms with E-state index in [-0.39, 0.29) is 11.9 Å². The second-order valence-corrected chi connectivity index (χ2v) is 4.85. The number of anilines is 1. The SMILES string of the molecule is COc1cc(F)c(C(C)Nc2ccnc(Cl)c2)cc1OC. The minimum absolute atomic E-state index is 0.275. The number of pyridine rings is 1. The molecule has 1 heterocycles. The Morgan fingerprint density at radius 3 is 2.48 bits per heavy atom. The van der Waals surface area contributed by atoms with Crippen LogP contribution in [0.4, 0.5) is 10.1 Å². The van der Waals surface area contributed by atoms with Gasteiger partial charge in [0.2, 0.25) is 0 Å². The first-order valence-electron chi connectivity index (χ1n) is 6.34. The number of nitrogens with zero attached hydrogens (tertiary/aromatic N) is 1. The minimum Gasteiger partial charge on any atom is -0.493 e. The molecule has 1 N–H and O–H groups in total. The fourth-order valence-corrected chi connectivity index (χ4v) is 2.20. The maximum absolute atomic E-state index is 14.2. The van der Waals surface area contributed by atoms with Gasteiger partial charge in [0, 0.05) is 23.5 Å². The molecular formula is C15H16ClFN2O2. The monoisotopic (exact) mass is 310 g/mol. The zero-order valence-electron chi connectivity index (χ0n) is 12.0. The number of hydrogen-bond acceptors (Lipinski definition) is 4. The Hall–Kier alpha value is -2.01. The number of aromatic nitrogens is 1. The van der Waals surface area contributed by atoms with Gasteiger partial charge < -0.3 is 14.8 Å². The smallest absolute Gasteiger partial charge is 0.163 e. The minimum atomic E-state index is -0.368. The molecule has 0 bridgehead atoms. The molecule has 112 valence electrons. The van der Waals surface area contributed by atoms with Crippen molar-refractivity contribution in [2.45, 2.75) is 13.0 Å². The molecular weight excluding hydrogens is 295 g/mol. The van der Waals surface area contributed by atoms with E-state index in [1.165, 1.54) is 20.3 Å². The Bertz CT molecular complexity index is 637. The Balaban J connectivity index is 2.28. The van der Waals surface area contributed by atoms with E-state index in [4.69, 9.17) is 21.1 Å². The summed E-state index contributed by atoms with van der Waals surface area (Å²) in [5.74, 6) is 0.473. The normalized spacial score (nSPS) is 11.9. The third-order valence-corrected chi connectivity index (χ3v) is 3.29. The molecule has 0 fully saturated rings. The van der Waals surface area contributed by atoms with Crippen LogP contribution in [0.25, 0.3) is 0 Å². The highest BCUT2D eigenvalue weighted by Gasteiger charge is 2.16. The maximum atomic E-state index is 14.2. The predicted octanol–water partition coefficient (Wildman–Crippen LogP) is 4.06. The standard InChI is InChI=1S/C15H16ClFN2O2/c1-9(19-10-4-5-18-15(16)6-10)11-7-13(20-2)14(21-3)8-12(11)17/h4-9H,1-3H3,(H,18,19). The molecule has 21 heavy (non-hydrogen) atoms. The molecule has 4 nitrogen and oxygen atoms in total. The van der Waals surface area contributed by atoms with Crippen molar-refractivity contribution in [3.63, 3.8) is 0 Å². The molecule has 1 unspecified atom stereocenters. The van der Waals surface area contributed by atoms with E-state index in [1.807, 2.05) is 6.92 Å². The molecule has 0 radical (unpaired) electrons. The van der Waals surface area contributed by atoms with Gasteiger partial charge in [-0.3, -0.25) is 0 Å². The first-order chi connectivity index (χ1) is 10.0. The van der Waals surface area contributed by atoms with Crippen LogP contribution in [0.1, 0.15) is 18.5 Å². The third-order valence-electron chi connectivity index (χ3n) is 3.08. The molecule has 0 amide bonds. The molecule has 0 aliphatic heterocycles. The van der Waals surface area contributed by atoms with Crippen LogP contribution < -0.4 is 14.8 Å². The van der Waals surface area contributed by atoms with E-state index in [9.17, 15) is 4.39 Å². The number of nitrogens with one attached hydrogen (secondary N) is 1. The first kappa shape index (κ1) is 15.4. The Labute approximate surface area is 127 Å². The summed E-state index contributed by atoms with van der Waals surface area (Å²) < 4.78 is 24.4. The Kier molecular flexibility index (Phi) is 4.85. The fraction of sp³-hybridized carbons (Fsp3) is 0.267. The van der Waals surface area contributed by atoms with E-state index in [0.29, 0.717) is 22.2 Å². The van der Waals surface area contributed by atoms with Crippen LogP contribution in [0.2, 0.25) is 5.15 Å². The highest BCUT2D eigenvalue weighted by atomic mass is 35.5. The van der Waals surface area contributed by atoms with Crippen molar-refractivity contribution in [3.05, 3.63) is 47.0 Å². The van der Waals surface area contributed by atoms with E-state index in [0.717, 1.165) is 5.69 Å². The van der Waals surface area contributed by atoms with Crippen LogP contribution in [0.5, 0.6) is 11.5 Å². The van der Waals surface area contributed by atoms with Gasteiger partial charge in [-0.15, -0.1) is 0 Å². The second-order valence-electron chi connectivity index (χ2n) is 4.46. The zero-order valence-corrected chi connectivity index (χ0v) is 12.7.